The van der Waals surface area contributed by atoms with Gasteiger partial charge in [-0.2, -0.15) is 0 Å². The van der Waals surface area contributed by atoms with E-state index < -0.39 is 0 Å². The molecule has 0 aliphatic heterocycles. The second-order valence-electron chi connectivity index (χ2n) is 4.80. The van der Waals surface area contributed by atoms with Crippen molar-refractivity contribution in [2.45, 2.75) is 25.7 Å². The number of nitrogens with one attached hydrogen (secondary N) is 1. The van der Waals surface area contributed by atoms with Crippen LogP contribution in [-0.2, 0) is 0 Å². The monoisotopic (exact) mass is 381 g/mol. The first-order chi connectivity index (χ1) is 9.11. The molecule has 1 aromatic carbocycles. The van der Waals surface area contributed by atoms with Crippen LogP contribution in [0.1, 0.15) is 30.1 Å². The van der Waals surface area contributed by atoms with E-state index in [1.165, 1.54) is 18.4 Å². The number of hydrogen-bond acceptors (Lipinski definition) is 3. The molecule has 3 nitrogen and oxygen atoms in total. The summed E-state index contributed by atoms with van der Waals surface area (Å²) in [5, 5.41) is 3.33. The Hall–Kier alpha value is -0.940. The molecule has 98 valence electrons. The number of aryl methyl sites for hydroxylation is 1. The molecule has 1 saturated carbocycles. The highest BCUT2D eigenvalue weighted by Crippen LogP contribution is 2.39. The third kappa shape index (κ3) is 3.15. The number of rotatable bonds is 3. The molecule has 5 heteroatoms. The molecule has 1 fully saturated rings. The molecule has 3 rings (SSSR count). The molecule has 1 aromatic heterocycles. The van der Waals surface area contributed by atoms with Crippen molar-refractivity contribution in [3.05, 3.63) is 44.7 Å². The van der Waals surface area contributed by atoms with Gasteiger partial charge in [0.05, 0.1) is 0 Å². The van der Waals surface area contributed by atoms with Crippen LogP contribution in [0.3, 0.4) is 0 Å². The third-order valence-electron chi connectivity index (χ3n) is 3.09. The zero-order valence-electron chi connectivity index (χ0n) is 10.5. The van der Waals surface area contributed by atoms with E-state index in [-0.39, 0.29) is 0 Å². The summed E-state index contributed by atoms with van der Waals surface area (Å²) < 4.78 is 1.95. The van der Waals surface area contributed by atoms with Crippen LogP contribution in [-0.4, -0.2) is 9.97 Å². The number of hydrogen-bond donors (Lipinski definition) is 1. The van der Waals surface area contributed by atoms with Gasteiger partial charge >= 0.3 is 0 Å². The summed E-state index contributed by atoms with van der Waals surface area (Å²) in [6, 6.07) is 8.07. The predicted octanol–water partition coefficient (Wildman–Crippen LogP) is 4.93. The lowest BCUT2D eigenvalue weighted by atomic mass is 10.2. The maximum Gasteiger partial charge on any atom is 0.135 e. The predicted molar refractivity (Wildman–Crippen MR) is 83.9 cm³/mol. The lowest BCUT2D eigenvalue weighted by Gasteiger charge is -2.09. The number of nitrogens with zero attached hydrogens (tertiary/aromatic N) is 2. The van der Waals surface area contributed by atoms with Crippen molar-refractivity contribution in [1.29, 1.82) is 0 Å². The van der Waals surface area contributed by atoms with Crippen LogP contribution >= 0.6 is 31.9 Å². The third-order valence-corrected chi connectivity index (χ3v) is 4.38. The standard InChI is InChI=1S/C14H13Br2N3/c1-8-6-10(4-5-11(8)15)17-13-7-12(16)18-14(19-13)9-2-3-9/h4-7,9H,2-3H2,1H3,(H,17,18,19). The van der Waals surface area contributed by atoms with Gasteiger partial charge in [0.15, 0.2) is 0 Å². The summed E-state index contributed by atoms with van der Waals surface area (Å²) in [6.07, 6.45) is 2.40. The Kier molecular flexibility index (Phi) is 3.58. The fourth-order valence-electron chi connectivity index (χ4n) is 1.89. The summed E-state index contributed by atoms with van der Waals surface area (Å²) in [7, 11) is 0. The summed E-state index contributed by atoms with van der Waals surface area (Å²) in [6.45, 7) is 2.07. The van der Waals surface area contributed by atoms with Gasteiger partial charge in [0.25, 0.3) is 0 Å². The van der Waals surface area contributed by atoms with Gasteiger partial charge in [-0.3, -0.25) is 0 Å². The average molecular weight is 383 g/mol. The molecule has 0 saturated heterocycles. The minimum absolute atomic E-state index is 0.546. The Morgan fingerprint density at radius 2 is 1.95 bits per heavy atom. The Balaban J connectivity index is 1.87. The van der Waals surface area contributed by atoms with E-state index in [0.717, 1.165) is 26.4 Å². The van der Waals surface area contributed by atoms with Gasteiger partial charge in [-0.05, 0) is 59.5 Å². The van der Waals surface area contributed by atoms with E-state index in [9.17, 15) is 0 Å². The SMILES string of the molecule is Cc1cc(Nc2cc(Br)nc(C3CC3)n2)ccc1Br. The Morgan fingerprint density at radius 3 is 2.63 bits per heavy atom. The molecular formula is C14H13Br2N3. The fraction of sp³-hybridized carbons (Fsp3) is 0.286. The topological polar surface area (TPSA) is 37.8 Å². The van der Waals surface area contributed by atoms with Crippen molar-refractivity contribution in [2.24, 2.45) is 0 Å². The zero-order valence-corrected chi connectivity index (χ0v) is 13.6. The fourth-order valence-corrected chi connectivity index (χ4v) is 2.54. The molecule has 0 radical (unpaired) electrons. The Labute approximate surface area is 129 Å². The van der Waals surface area contributed by atoms with Crippen LogP contribution in [0.5, 0.6) is 0 Å². The van der Waals surface area contributed by atoms with E-state index in [2.05, 4.69) is 60.1 Å². The first-order valence-corrected chi connectivity index (χ1v) is 7.78. The first-order valence-electron chi connectivity index (χ1n) is 6.19. The van der Waals surface area contributed by atoms with Gasteiger partial charge in [0, 0.05) is 22.1 Å². The molecule has 19 heavy (non-hydrogen) atoms. The molecule has 1 N–H and O–H groups in total. The molecule has 0 spiro atoms. The summed E-state index contributed by atoms with van der Waals surface area (Å²) in [4.78, 5) is 9.01. The molecule has 0 amide bonds. The van der Waals surface area contributed by atoms with Gasteiger partial charge in [0.1, 0.15) is 16.2 Å². The maximum absolute atomic E-state index is 4.58. The van der Waals surface area contributed by atoms with Crippen LogP contribution in [0, 0.1) is 6.92 Å². The van der Waals surface area contributed by atoms with Gasteiger partial charge in [0.2, 0.25) is 0 Å². The van der Waals surface area contributed by atoms with E-state index in [1.54, 1.807) is 0 Å². The second-order valence-corrected chi connectivity index (χ2v) is 6.46. The summed E-state index contributed by atoms with van der Waals surface area (Å²) >= 11 is 6.95. The Bertz CT molecular complexity index is 624. The van der Waals surface area contributed by atoms with Gasteiger partial charge in [-0.15, -0.1) is 0 Å². The minimum Gasteiger partial charge on any atom is -0.340 e. The van der Waals surface area contributed by atoms with E-state index in [1.807, 2.05) is 18.2 Å². The van der Waals surface area contributed by atoms with Crippen LogP contribution in [0.15, 0.2) is 33.3 Å². The second kappa shape index (κ2) is 5.21. The van der Waals surface area contributed by atoms with E-state index in [0.29, 0.717) is 5.92 Å². The lowest BCUT2D eigenvalue weighted by molar-refractivity contribution is 0.919. The number of anilines is 2. The maximum atomic E-state index is 4.58. The van der Waals surface area contributed by atoms with E-state index >= 15 is 0 Å². The molecule has 0 bridgehead atoms. The Morgan fingerprint density at radius 1 is 1.16 bits per heavy atom. The highest BCUT2D eigenvalue weighted by molar-refractivity contribution is 9.10. The number of halogens is 2. The number of aromatic nitrogens is 2. The molecular weight excluding hydrogens is 370 g/mol. The zero-order chi connectivity index (χ0) is 13.4. The van der Waals surface area contributed by atoms with Crippen LogP contribution in [0.2, 0.25) is 0 Å². The van der Waals surface area contributed by atoms with Crippen LogP contribution in [0.25, 0.3) is 0 Å². The summed E-state index contributed by atoms with van der Waals surface area (Å²) in [5.41, 5.74) is 2.23. The van der Waals surface area contributed by atoms with Crippen LogP contribution in [0.4, 0.5) is 11.5 Å². The molecule has 1 aliphatic rings. The smallest absolute Gasteiger partial charge is 0.135 e. The molecule has 1 aliphatic carbocycles. The molecule has 0 unspecified atom stereocenters. The van der Waals surface area contributed by atoms with Crippen molar-refractivity contribution in [3.63, 3.8) is 0 Å². The van der Waals surface area contributed by atoms with Crippen molar-refractivity contribution < 1.29 is 0 Å². The first kappa shape index (κ1) is 13.1. The van der Waals surface area contributed by atoms with Crippen molar-refractivity contribution >= 4 is 43.4 Å². The van der Waals surface area contributed by atoms with Gasteiger partial charge < -0.3 is 5.32 Å². The highest BCUT2D eigenvalue weighted by atomic mass is 79.9. The van der Waals surface area contributed by atoms with Crippen molar-refractivity contribution in [2.75, 3.05) is 5.32 Å². The van der Waals surface area contributed by atoms with Crippen LogP contribution < -0.4 is 5.32 Å². The normalized spacial score (nSPS) is 14.5. The highest BCUT2D eigenvalue weighted by Gasteiger charge is 2.27. The van der Waals surface area contributed by atoms with Gasteiger partial charge in [-0.25, -0.2) is 9.97 Å². The molecule has 1 heterocycles. The van der Waals surface area contributed by atoms with E-state index in [4.69, 9.17) is 0 Å². The lowest BCUT2D eigenvalue weighted by Crippen LogP contribution is -1.99. The summed E-state index contributed by atoms with van der Waals surface area (Å²) in [5.74, 6) is 2.32. The average Bonchev–Trinajstić information content (AvgIpc) is 3.17. The molecule has 0 atom stereocenters. The van der Waals surface area contributed by atoms with Gasteiger partial charge in [-0.1, -0.05) is 15.9 Å². The number of benzene rings is 1. The van der Waals surface area contributed by atoms with Crippen molar-refractivity contribution in [1.82, 2.24) is 9.97 Å². The minimum atomic E-state index is 0.546. The quantitative estimate of drug-likeness (QED) is 0.764. The largest absolute Gasteiger partial charge is 0.340 e. The van der Waals surface area contributed by atoms with Crippen molar-refractivity contribution in [3.8, 4) is 0 Å². The molecule has 2 aromatic rings.